The first kappa shape index (κ1) is 13.3. The second kappa shape index (κ2) is 4.40. The first-order chi connectivity index (χ1) is 9.40. The van der Waals surface area contributed by atoms with E-state index in [1.54, 1.807) is 0 Å². The van der Waals surface area contributed by atoms with Crippen molar-refractivity contribution >= 4 is 5.97 Å². The number of esters is 1. The fraction of sp³-hybridized carbons (Fsp3) is 0.500. The minimum Gasteiger partial charge on any atom is -0.451 e. The highest BCUT2D eigenvalue weighted by Gasteiger charge is 2.44. The molecule has 6 heteroatoms. The summed E-state index contributed by atoms with van der Waals surface area (Å²) in [6, 6.07) is 2.85. The summed E-state index contributed by atoms with van der Waals surface area (Å²) in [5.74, 6) is -1.72. The maximum absolute atomic E-state index is 12.7. The molecule has 1 aromatic rings. The standard InChI is InChI=1S/C14H13F3O3/c15-14(16,17)9-4-5-10-11(8-9)19-13(20-12(10)18)6-2-1-3-7-13/h4-5,8H,1-3,6-7H2. The van der Waals surface area contributed by atoms with E-state index >= 15 is 0 Å². The van der Waals surface area contributed by atoms with Crippen molar-refractivity contribution in [3.8, 4) is 5.75 Å². The molecular formula is C14H13F3O3. The SMILES string of the molecule is O=C1OC2(CCCCC2)Oc2cc(C(F)(F)F)ccc21. The Morgan fingerprint density at radius 3 is 2.40 bits per heavy atom. The van der Waals surface area contributed by atoms with Crippen molar-refractivity contribution in [2.24, 2.45) is 0 Å². The van der Waals surface area contributed by atoms with Gasteiger partial charge in [0.1, 0.15) is 11.3 Å². The number of carbonyl (C=O) groups is 1. The molecule has 3 rings (SSSR count). The second-order valence-electron chi connectivity index (χ2n) is 5.17. The molecule has 1 saturated carbocycles. The lowest BCUT2D eigenvalue weighted by Crippen LogP contribution is -2.46. The Morgan fingerprint density at radius 1 is 1.05 bits per heavy atom. The maximum atomic E-state index is 12.7. The van der Waals surface area contributed by atoms with Crippen molar-refractivity contribution in [1.29, 1.82) is 0 Å². The Bertz CT molecular complexity index is 545. The number of benzene rings is 1. The lowest BCUT2D eigenvalue weighted by atomic mass is 9.93. The van der Waals surface area contributed by atoms with Gasteiger partial charge in [-0.25, -0.2) is 4.79 Å². The largest absolute Gasteiger partial charge is 0.451 e. The van der Waals surface area contributed by atoms with Gasteiger partial charge < -0.3 is 9.47 Å². The van der Waals surface area contributed by atoms with Crippen molar-refractivity contribution in [3.05, 3.63) is 29.3 Å². The predicted octanol–water partition coefficient (Wildman–Crippen LogP) is 3.92. The molecule has 0 unspecified atom stereocenters. The molecule has 0 saturated heterocycles. The van der Waals surface area contributed by atoms with E-state index in [-0.39, 0.29) is 11.3 Å². The zero-order valence-electron chi connectivity index (χ0n) is 10.6. The third-order valence-corrected chi connectivity index (χ3v) is 3.72. The van der Waals surface area contributed by atoms with Crippen LogP contribution in [0.25, 0.3) is 0 Å². The first-order valence-electron chi connectivity index (χ1n) is 6.53. The summed E-state index contributed by atoms with van der Waals surface area (Å²) in [6.07, 6.45) is -0.733. The van der Waals surface area contributed by atoms with E-state index in [2.05, 4.69) is 0 Å². The van der Waals surface area contributed by atoms with Gasteiger partial charge in [0, 0.05) is 12.8 Å². The molecular weight excluding hydrogens is 273 g/mol. The summed E-state index contributed by atoms with van der Waals surface area (Å²) in [5, 5.41) is 0. The number of fused-ring (bicyclic) bond motifs is 1. The average molecular weight is 286 g/mol. The van der Waals surface area contributed by atoms with Crippen LogP contribution in [-0.4, -0.2) is 11.8 Å². The molecule has 0 amide bonds. The van der Waals surface area contributed by atoms with Crippen LogP contribution in [0.1, 0.15) is 48.0 Å². The van der Waals surface area contributed by atoms with Gasteiger partial charge in [-0.15, -0.1) is 0 Å². The summed E-state index contributed by atoms with van der Waals surface area (Å²) in [7, 11) is 0. The third-order valence-electron chi connectivity index (χ3n) is 3.72. The molecule has 1 heterocycles. The monoisotopic (exact) mass is 286 g/mol. The Labute approximate surface area is 113 Å². The summed E-state index contributed by atoms with van der Waals surface area (Å²) in [5.41, 5.74) is -0.772. The van der Waals surface area contributed by atoms with Crippen LogP contribution in [0.3, 0.4) is 0 Å². The normalized spacial score (nSPS) is 21.1. The molecule has 0 bridgehead atoms. The van der Waals surface area contributed by atoms with E-state index in [0.717, 1.165) is 37.5 Å². The van der Waals surface area contributed by atoms with Crippen LogP contribution >= 0.6 is 0 Å². The third kappa shape index (κ3) is 2.23. The quantitative estimate of drug-likeness (QED) is 0.678. The smallest absolute Gasteiger partial charge is 0.416 e. The minimum atomic E-state index is -4.46. The molecule has 0 aromatic heterocycles. The molecule has 1 aliphatic carbocycles. The summed E-state index contributed by atoms with van der Waals surface area (Å²) in [4.78, 5) is 11.9. The van der Waals surface area contributed by atoms with Crippen LogP contribution in [0.4, 0.5) is 13.2 Å². The molecule has 0 radical (unpaired) electrons. The van der Waals surface area contributed by atoms with Gasteiger partial charge in [-0.2, -0.15) is 13.2 Å². The van der Waals surface area contributed by atoms with Gasteiger partial charge in [0.15, 0.2) is 0 Å². The molecule has 20 heavy (non-hydrogen) atoms. The summed E-state index contributed by atoms with van der Waals surface area (Å²) in [6.45, 7) is 0. The molecule has 1 spiro atoms. The van der Waals surface area contributed by atoms with Gasteiger partial charge in [0.05, 0.1) is 5.56 Å². The van der Waals surface area contributed by atoms with Gasteiger partial charge in [0.2, 0.25) is 0 Å². The highest BCUT2D eigenvalue weighted by atomic mass is 19.4. The van der Waals surface area contributed by atoms with Crippen LogP contribution in [-0.2, 0) is 10.9 Å². The van der Waals surface area contributed by atoms with E-state index in [4.69, 9.17) is 9.47 Å². The zero-order valence-corrected chi connectivity index (χ0v) is 10.6. The van der Waals surface area contributed by atoms with Crippen LogP contribution in [0, 0.1) is 0 Å². The van der Waals surface area contributed by atoms with Gasteiger partial charge in [-0.05, 0) is 31.0 Å². The van der Waals surface area contributed by atoms with E-state index < -0.39 is 23.5 Å². The Balaban J connectivity index is 1.98. The number of halogens is 3. The molecule has 2 aliphatic rings. The molecule has 108 valence electrons. The van der Waals surface area contributed by atoms with Gasteiger partial charge in [-0.3, -0.25) is 0 Å². The Morgan fingerprint density at radius 2 is 1.75 bits per heavy atom. The Hall–Kier alpha value is -1.72. The van der Waals surface area contributed by atoms with Crippen LogP contribution < -0.4 is 4.74 Å². The van der Waals surface area contributed by atoms with E-state index in [0.29, 0.717) is 12.8 Å². The topological polar surface area (TPSA) is 35.5 Å². The number of hydrogen-bond acceptors (Lipinski definition) is 3. The van der Waals surface area contributed by atoms with E-state index in [1.807, 2.05) is 0 Å². The summed E-state index contributed by atoms with van der Waals surface area (Å²) >= 11 is 0. The average Bonchev–Trinajstić information content (AvgIpc) is 2.37. The molecule has 3 nitrogen and oxygen atoms in total. The van der Waals surface area contributed by atoms with Crippen molar-refractivity contribution < 1.29 is 27.4 Å². The zero-order chi connectivity index (χ0) is 14.4. The van der Waals surface area contributed by atoms with Gasteiger partial charge >= 0.3 is 12.1 Å². The molecule has 1 aromatic carbocycles. The van der Waals surface area contributed by atoms with Crippen molar-refractivity contribution in [2.75, 3.05) is 0 Å². The number of hydrogen-bond donors (Lipinski definition) is 0. The summed E-state index contributed by atoms with van der Waals surface area (Å²) < 4.78 is 49.1. The lowest BCUT2D eigenvalue weighted by Gasteiger charge is -2.40. The van der Waals surface area contributed by atoms with Crippen LogP contribution in [0.15, 0.2) is 18.2 Å². The number of ether oxygens (including phenoxy) is 2. The lowest BCUT2D eigenvalue weighted by molar-refractivity contribution is -0.173. The van der Waals surface area contributed by atoms with Gasteiger partial charge in [0.25, 0.3) is 5.79 Å². The minimum absolute atomic E-state index is 0.0297. The van der Waals surface area contributed by atoms with Crippen molar-refractivity contribution in [2.45, 2.75) is 44.1 Å². The fourth-order valence-corrected chi connectivity index (χ4v) is 2.69. The first-order valence-corrected chi connectivity index (χ1v) is 6.53. The fourth-order valence-electron chi connectivity index (χ4n) is 2.69. The molecule has 1 aliphatic heterocycles. The van der Waals surface area contributed by atoms with Crippen molar-refractivity contribution in [1.82, 2.24) is 0 Å². The second-order valence-corrected chi connectivity index (χ2v) is 5.17. The number of rotatable bonds is 0. The predicted molar refractivity (Wildman–Crippen MR) is 63.3 cm³/mol. The molecule has 0 N–H and O–H groups in total. The van der Waals surface area contributed by atoms with E-state index in [9.17, 15) is 18.0 Å². The molecule has 0 atom stereocenters. The van der Waals surface area contributed by atoms with Crippen molar-refractivity contribution in [3.63, 3.8) is 0 Å². The van der Waals surface area contributed by atoms with Crippen LogP contribution in [0.5, 0.6) is 5.75 Å². The maximum Gasteiger partial charge on any atom is 0.416 e. The Kier molecular flexibility index (Phi) is 2.92. The number of alkyl halides is 3. The highest BCUT2D eigenvalue weighted by Crippen LogP contribution is 2.42. The highest BCUT2D eigenvalue weighted by molar-refractivity contribution is 5.93. The van der Waals surface area contributed by atoms with Crippen LogP contribution in [0.2, 0.25) is 0 Å². The van der Waals surface area contributed by atoms with E-state index in [1.165, 1.54) is 0 Å². The van der Waals surface area contributed by atoms with Gasteiger partial charge in [-0.1, -0.05) is 6.42 Å². The molecule has 1 fully saturated rings. The number of carbonyl (C=O) groups excluding carboxylic acids is 1.